The number of carbonyl (C=O) groups is 1. The Hall–Kier alpha value is -0.970. The molecule has 13 heavy (non-hydrogen) atoms. The highest BCUT2D eigenvalue weighted by Gasteiger charge is 2.25. The highest BCUT2D eigenvalue weighted by atomic mass is 79.9. The van der Waals surface area contributed by atoms with Crippen LogP contribution in [0.1, 0.15) is 22.5 Å². The number of nitrogens with zero attached hydrogens (tertiary/aromatic N) is 1. The fraction of sp³-hybridized carbons (Fsp3) is 0.375. The summed E-state index contributed by atoms with van der Waals surface area (Å²) in [4.78, 5) is 28.2. The van der Waals surface area contributed by atoms with Crippen molar-refractivity contribution in [3.63, 3.8) is 0 Å². The van der Waals surface area contributed by atoms with Crippen molar-refractivity contribution < 1.29 is 4.79 Å². The minimum atomic E-state index is -0.464. The maximum atomic E-state index is 11.5. The van der Waals surface area contributed by atoms with Crippen LogP contribution in [0.15, 0.2) is 11.0 Å². The molecule has 2 rings (SSSR count). The fourth-order valence-corrected chi connectivity index (χ4v) is 1.86. The van der Waals surface area contributed by atoms with Crippen molar-refractivity contribution in [3.05, 3.63) is 27.9 Å². The maximum absolute atomic E-state index is 11.5. The molecule has 1 heterocycles. The standard InChI is InChI=1S/C8H7BrN2O2/c9-5-2-1-4-3-10-8(13)11-6(4)7(5)12/h3,5H,1-2H2,(H,10,11,13). The van der Waals surface area contributed by atoms with Gasteiger partial charge in [0.25, 0.3) is 0 Å². The summed E-state index contributed by atoms with van der Waals surface area (Å²) >= 11 is 3.26. The van der Waals surface area contributed by atoms with E-state index in [0.29, 0.717) is 5.69 Å². The van der Waals surface area contributed by atoms with Crippen molar-refractivity contribution in [2.24, 2.45) is 0 Å². The van der Waals surface area contributed by atoms with Gasteiger partial charge in [0.1, 0.15) is 0 Å². The number of alkyl halides is 1. The number of carbonyl (C=O) groups excluding carboxylic acids is 1. The first kappa shape index (κ1) is 8.62. The number of aromatic amines is 1. The van der Waals surface area contributed by atoms with E-state index in [1.165, 1.54) is 6.20 Å². The predicted octanol–water partition coefficient (Wildman–Crippen LogP) is 0.662. The fourth-order valence-electron chi connectivity index (χ4n) is 1.40. The van der Waals surface area contributed by atoms with E-state index in [4.69, 9.17) is 0 Å². The largest absolute Gasteiger partial charge is 0.345 e. The number of nitrogens with one attached hydrogen (secondary N) is 1. The monoisotopic (exact) mass is 242 g/mol. The highest BCUT2D eigenvalue weighted by molar-refractivity contribution is 9.10. The molecule has 0 saturated carbocycles. The van der Waals surface area contributed by atoms with E-state index < -0.39 is 5.69 Å². The van der Waals surface area contributed by atoms with Crippen molar-refractivity contribution in [1.82, 2.24) is 9.97 Å². The first-order valence-electron chi connectivity index (χ1n) is 3.95. The average Bonchev–Trinajstić information content (AvgIpc) is 2.12. The van der Waals surface area contributed by atoms with Crippen LogP contribution in [0.2, 0.25) is 0 Å². The van der Waals surface area contributed by atoms with E-state index >= 15 is 0 Å². The number of aryl methyl sites for hydroxylation is 1. The molecular weight excluding hydrogens is 236 g/mol. The highest BCUT2D eigenvalue weighted by Crippen LogP contribution is 2.22. The first-order chi connectivity index (χ1) is 6.18. The molecule has 1 aliphatic carbocycles. The Balaban J connectivity index is 2.58. The molecule has 1 aromatic rings. The van der Waals surface area contributed by atoms with Gasteiger partial charge in [-0.2, -0.15) is 0 Å². The molecule has 1 aliphatic rings. The SMILES string of the molecule is O=C1c2[nH]c(=O)ncc2CCC1Br. The Morgan fingerprint density at radius 2 is 2.31 bits per heavy atom. The third kappa shape index (κ3) is 1.44. The van der Waals surface area contributed by atoms with E-state index in [1.54, 1.807) is 0 Å². The molecule has 4 nitrogen and oxygen atoms in total. The van der Waals surface area contributed by atoms with Gasteiger partial charge in [-0.25, -0.2) is 9.78 Å². The van der Waals surface area contributed by atoms with Gasteiger partial charge in [0, 0.05) is 6.20 Å². The third-order valence-corrected chi connectivity index (χ3v) is 2.96. The van der Waals surface area contributed by atoms with Crippen LogP contribution in [0.4, 0.5) is 0 Å². The van der Waals surface area contributed by atoms with Gasteiger partial charge in [0.15, 0.2) is 5.78 Å². The minimum absolute atomic E-state index is 0.0549. The van der Waals surface area contributed by atoms with Crippen molar-refractivity contribution in [1.29, 1.82) is 0 Å². The molecule has 1 N–H and O–H groups in total. The summed E-state index contributed by atoms with van der Waals surface area (Å²) in [5.41, 5.74) is 0.780. The van der Waals surface area contributed by atoms with Crippen LogP contribution < -0.4 is 5.69 Å². The lowest BCUT2D eigenvalue weighted by atomic mass is 9.96. The second kappa shape index (κ2) is 3.06. The zero-order valence-electron chi connectivity index (χ0n) is 6.71. The molecular formula is C8H7BrN2O2. The van der Waals surface area contributed by atoms with E-state index in [2.05, 4.69) is 25.9 Å². The second-order valence-electron chi connectivity index (χ2n) is 2.96. The molecule has 0 aliphatic heterocycles. The normalized spacial score (nSPS) is 21.3. The van der Waals surface area contributed by atoms with Gasteiger partial charge in [-0.1, -0.05) is 15.9 Å². The Kier molecular flexibility index (Phi) is 2.03. The summed E-state index contributed by atoms with van der Waals surface area (Å²) < 4.78 is 0. The van der Waals surface area contributed by atoms with Crippen LogP contribution >= 0.6 is 15.9 Å². The minimum Gasteiger partial charge on any atom is -0.302 e. The summed E-state index contributed by atoms with van der Waals surface area (Å²) in [7, 11) is 0. The average molecular weight is 243 g/mol. The number of aromatic nitrogens is 2. The van der Waals surface area contributed by atoms with Crippen molar-refractivity contribution in [3.8, 4) is 0 Å². The lowest BCUT2D eigenvalue weighted by molar-refractivity contribution is 0.0975. The summed E-state index contributed by atoms with van der Waals surface area (Å²) in [6.07, 6.45) is 3.02. The van der Waals surface area contributed by atoms with Gasteiger partial charge >= 0.3 is 5.69 Å². The van der Waals surface area contributed by atoms with Crippen LogP contribution in [0.3, 0.4) is 0 Å². The molecule has 0 bridgehead atoms. The van der Waals surface area contributed by atoms with E-state index in [9.17, 15) is 9.59 Å². The number of hydrogen-bond acceptors (Lipinski definition) is 3. The molecule has 1 unspecified atom stereocenters. The number of fused-ring (bicyclic) bond motifs is 1. The van der Waals surface area contributed by atoms with Gasteiger partial charge in [0.05, 0.1) is 10.5 Å². The molecule has 0 spiro atoms. The molecule has 0 radical (unpaired) electrons. The lowest BCUT2D eigenvalue weighted by Crippen LogP contribution is -2.28. The molecule has 0 aromatic carbocycles. The Morgan fingerprint density at radius 1 is 1.54 bits per heavy atom. The molecule has 5 heteroatoms. The zero-order valence-corrected chi connectivity index (χ0v) is 8.30. The van der Waals surface area contributed by atoms with Crippen LogP contribution in [0.25, 0.3) is 0 Å². The Bertz CT molecular complexity index is 413. The van der Waals surface area contributed by atoms with E-state index in [1.807, 2.05) is 0 Å². The van der Waals surface area contributed by atoms with Crippen molar-refractivity contribution in [2.75, 3.05) is 0 Å². The summed E-state index contributed by atoms with van der Waals surface area (Å²) in [5, 5.41) is 0. The maximum Gasteiger partial charge on any atom is 0.345 e. The molecule has 0 amide bonds. The number of rotatable bonds is 0. The number of hydrogen-bond donors (Lipinski definition) is 1. The summed E-state index contributed by atoms with van der Waals surface area (Å²) in [6.45, 7) is 0. The second-order valence-corrected chi connectivity index (χ2v) is 4.06. The summed E-state index contributed by atoms with van der Waals surface area (Å²) in [6, 6.07) is 0. The van der Waals surface area contributed by atoms with Gasteiger partial charge < -0.3 is 4.98 Å². The molecule has 1 atom stereocenters. The van der Waals surface area contributed by atoms with E-state index in [-0.39, 0.29) is 10.6 Å². The van der Waals surface area contributed by atoms with E-state index in [0.717, 1.165) is 18.4 Å². The van der Waals surface area contributed by atoms with Crippen LogP contribution in [0, 0.1) is 0 Å². The zero-order chi connectivity index (χ0) is 9.42. The first-order valence-corrected chi connectivity index (χ1v) is 4.86. The molecule has 68 valence electrons. The van der Waals surface area contributed by atoms with Crippen molar-refractivity contribution in [2.45, 2.75) is 17.7 Å². The van der Waals surface area contributed by atoms with Crippen LogP contribution in [0.5, 0.6) is 0 Å². The summed E-state index contributed by atoms with van der Waals surface area (Å²) in [5.74, 6) is -0.0549. The van der Waals surface area contributed by atoms with Crippen LogP contribution in [-0.4, -0.2) is 20.6 Å². The molecule has 1 aromatic heterocycles. The Labute approximate surface area is 82.5 Å². The topological polar surface area (TPSA) is 62.8 Å². The smallest absolute Gasteiger partial charge is 0.302 e. The number of Topliss-reactive ketones (excluding diaryl/α,β-unsaturated/α-hetero) is 1. The number of H-pyrrole nitrogens is 1. The molecule has 0 saturated heterocycles. The van der Waals surface area contributed by atoms with Gasteiger partial charge in [-0.15, -0.1) is 0 Å². The lowest BCUT2D eigenvalue weighted by Gasteiger charge is -2.17. The quantitative estimate of drug-likeness (QED) is 0.681. The van der Waals surface area contributed by atoms with Crippen LogP contribution in [-0.2, 0) is 6.42 Å². The Morgan fingerprint density at radius 3 is 3.08 bits per heavy atom. The number of halogens is 1. The van der Waals surface area contributed by atoms with Gasteiger partial charge in [0.2, 0.25) is 0 Å². The third-order valence-electron chi connectivity index (χ3n) is 2.09. The molecule has 0 fully saturated rings. The van der Waals surface area contributed by atoms with Gasteiger partial charge in [-0.3, -0.25) is 4.79 Å². The van der Waals surface area contributed by atoms with Crippen molar-refractivity contribution >= 4 is 21.7 Å². The number of ketones is 1. The van der Waals surface area contributed by atoms with Gasteiger partial charge in [-0.05, 0) is 18.4 Å². The predicted molar refractivity (Wildman–Crippen MR) is 50.2 cm³/mol.